The molecule has 0 aliphatic heterocycles. The number of amides is 2. The van der Waals surface area contributed by atoms with E-state index in [2.05, 4.69) is 20.8 Å². The summed E-state index contributed by atoms with van der Waals surface area (Å²) in [6.45, 7) is 5.31. The molecule has 0 aromatic carbocycles. The van der Waals surface area contributed by atoms with Crippen molar-refractivity contribution >= 4 is 35.4 Å². The number of carbonyl (C=O) groups is 3. The Morgan fingerprint density at radius 1 is 1.35 bits per heavy atom. The van der Waals surface area contributed by atoms with Gasteiger partial charge in [-0.15, -0.1) is 0 Å². The van der Waals surface area contributed by atoms with E-state index in [0.717, 1.165) is 11.8 Å². The van der Waals surface area contributed by atoms with Gasteiger partial charge in [-0.25, -0.2) is 14.8 Å². The molecule has 1 rings (SSSR count). The van der Waals surface area contributed by atoms with Gasteiger partial charge in [0.05, 0.1) is 12.4 Å². The number of hydrogen-bond donors (Lipinski definition) is 3. The second-order valence-corrected chi connectivity index (χ2v) is 5.60. The highest BCUT2D eigenvalue weighted by Crippen LogP contribution is 2.16. The average Bonchev–Trinajstić information content (AvgIpc) is 2.50. The Morgan fingerprint density at radius 2 is 2.04 bits per heavy atom. The first-order valence-electron chi connectivity index (χ1n) is 6.86. The third-order valence-corrected chi connectivity index (χ3v) is 3.33. The number of anilines is 1. The zero-order chi connectivity index (χ0) is 17.4. The molecule has 126 valence electrons. The molecule has 4 N–H and O–H groups in total. The van der Waals surface area contributed by atoms with Gasteiger partial charge in [0.25, 0.3) is 0 Å². The van der Waals surface area contributed by atoms with Crippen molar-refractivity contribution in [1.82, 2.24) is 20.8 Å². The first kappa shape index (κ1) is 18.7. The summed E-state index contributed by atoms with van der Waals surface area (Å²) < 4.78 is 4.81. The lowest BCUT2D eigenvalue weighted by Gasteiger charge is -2.09. The monoisotopic (exact) mass is 341 g/mol. The Bertz CT molecular complexity index is 594. The lowest BCUT2D eigenvalue weighted by atomic mass is 10.2. The van der Waals surface area contributed by atoms with Crippen molar-refractivity contribution in [2.24, 2.45) is 5.92 Å². The van der Waals surface area contributed by atoms with Gasteiger partial charge in [0.1, 0.15) is 11.4 Å². The lowest BCUT2D eigenvalue weighted by Crippen LogP contribution is -2.44. The van der Waals surface area contributed by atoms with Gasteiger partial charge in [-0.05, 0) is 6.92 Å². The molecular formula is C13H19N5O4S. The second-order valence-electron chi connectivity index (χ2n) is 4.65. The van der Waals surface area contributed by atoms with Crippen LogP contribution in [0, 0.1) is 5.92 Å². The summed E-state index contributed by atoms with van der Waals surface area (Å²) in [5, 5.41) is 0.237. The minimum absolute atomic E-state index is 0.0173. The molecular weight excluding hydrogens is 322 g/mol. The van der Waals surface area contributed by atoms with Crippen molar-refractivity contribution in [3.05, 3.63) is 11.8 Å². The molecule has 2 amide bonds. The summed E-state index contributed by atoms with van der Waals surface area (Å²) in [5.74, 6) is -1.58. The zero-order valence-electron chi connectivity index (χ0n) is 13.1. The van der Waals surface area contributed by atoms with E-state index in [1.54, 1.807) is 20.8 Å². The van der Waals surface area contributed by atoms with Gasteiger partial charge in [-0.1, -0.05) is 25.6 Å². The van der Waals surface area contributed by atoms with E-state index < -0.39 is 11.9 Å². The van der Waals surface area contributed by atoms with E-state index in [-0.39, 0.29) is 40.7 Å². The number of nitrogens with two attached hydrogens (primary N) is 1. The summed E-state index contributed by atoms with van der Waals surface area (Å²) >= 11 is 1.02. The summed E-state index contributed by atoms with van der Waals surface area (Å²) in [7, 11) is 0. The first-order chi connectivity index (χ1) is 10.8. The molecule has 0 fully saturated rings. The highest BCUT2D eigenvalue weighted by Gasteiger charge is 2.14. The fourth-order valence-corrected chi connectivity index (χ4v) is 1.88. The van der Waals surface area contributed by atoms with Crippen molar-refractivity contribution in [2.45, 2.75) is 25.9 Å². The number of hydrogen-bond acceptors (Lipinski definition) is 8. The number of rotatable bonds is 6. The number of ether oxygens (including phenoxy) is 1. The molecule has 1 aromatic heterocycles. The number of aromatic nitrogens is 2. The Balaban J connectivity index is 2.52. The summed E-state index contributed by atoms with van der Waals surface area (Å²) in [4.78, 5) is 42.3. The second kappa shape index (κ2) is 8.93. The Labute approximate surface area is 137 Å². The number of nitrogens with zero attached hydrogens (tertiary/aromatic N) is 2. The lowest BCUT2D eigenvalue weighted by molar-refractivity contribution is -0.129. The Kier molecular flexibility index (Phi) is 7.26. The zero-order valence-corrected chi connectivity index (χ0v) is 13.9. The van der Waals surface area contributed by atoms with E-state index in [1.165, 1.54) is 6.20 Å². The number of nitrogen functional groups attached to an aromatic ring is 1. The Hall–Kier alpha value is -2.36. The van der Waals surface area contributed by atoms with Crippen LogP contribution in [0.3, 0.4) is 0 Å². The molecule has 1 heterocycles. The van der Waals surface area contributed by atoms with Crippen LogP contribution in [0.4, 0.5) is 5.82 Å². The van der Waals surface area contributed by atoms with E-state index >= 15 is 0 Å². The van der Waals surface area contributed by atoms with Crippen LogP contribution in [-0.2, 0) is 14.3 Å². The van der Waals surface area contributed by atoms with Gasteiger partial charge < -0.3 is 10.5 Å². The molecule has 9 nitrogen and oxygen atoms in total. The van der Waals surface area contributed by atoms with E-state index in [9.17, 15) is 14.4 Å². The van der Waals surface area contributed by atoms with E-state index in [4.69, 9.17) is 10.5 Å². The van der Waals surface area contributed by atoms with Crippen molar-refractivity contribution in [3.63, 3.8) is 0 Å². The first-order valence-corrected chi connectivity index (χ1v) is 7.84. The normalized spacial score (nSPS) is 10.3. The van der Waals surface area contributed by atoms with Gasteiger partial charge in [-0.2, -0.15) is 0 Å². The van der Waals surface area contributed by atoms with Gasteiger partial charge in [0.15, 0.2) is 5.16 Å². The molecule has 1 aromatic rings. The van der Waals surface area contributed by atoms with Gasteiger partial charge in [0.2, 0.25) is 11.8 Å². The summed E-state index contributed by atoms with van der Waals surface area (Å²) in [5.41, 5.74) is 10.3. The molecule has 0 atom stereocenters. The highest BCUT2D eigenvalue weighted by atomic mass is 32.2. The van der Waals surface area contributed by atoms with Gasteiger partial charge >= 0.3 is 5.97 Å². The van der Waals surface area contributed by atoms with Crippen LogP contribution in [0.2, 0.25) is 0 Å². The quantitative estimate of drug-likeness (QED) is 0.287. The number of esters is 1. The molecule has 10 heteroatoms. The van der Waals surface area contributed by atoms with Gasteiger partial charge in [-0.3, -0.25) is 20.4 Å². The van der Waals surface area contributed by atoms with Crippen LogP contribution in [0.5, 0.6) is 0 Å². The summed E-state index contributed by atoms with van der Waals surface area (Å²) in [6.07, 6.45) is 1.25. The van der Waals surface area contributed by atoms with Crippen LogP contribution in [0.1, 0.15) is 31.1 Å². The van der Waals surface area contributed by atoms with Crippen LogP contribution in [0.15, 0.2) is 11.4 Å². The molecule has 0 bridgehead atoms. The third kappa shape index (κ3) is 6.10. The Morgan fingerprint density at radius 3 is 2.61 bits per heavy atom. The molecule has 0 radical (unpaired) electrons. The van der Waals surface area contributed by atoms with E-state index in [1.807, 2.05) is 0 Å². The molecule has 0 aliphatic carbocycles. The number of hydrazine groups is 1. The molecule has 0 unspecified atom stereocenters. The van der Waals surface area contributed by atoms with Crippen molar-refractivity contribution in [2.75, 3.05) is 18.1 Å². The maximum absolute atomic E-state index is 11.6. The average molecular weight is 341 g/mol. The van der Waals surface area contributed by atoms with Crippen molar-refractivity contribution in [1.29, 1.82) is 0 Å². The standard InChI is InChI=1S/C13H19N5O4S/c1-4-22-12(21)8-5-15-13(16-10(8)14)23-6-9(19)17-18-11(20)7(2)3/h5,7H,4,6H2,1-3H3,(H,17,19)(H,18,20)(H2,14,15,16). The number of carbonyl (C=O) groups excluding carboxylic acids is 3. The maximum Gasteiger partial charge on any atom is 0.343 e. The van der Waals surface area contributed by atoms with Crippen LogP contribution in [-0.4, -0.2) is 40.1 Å². The molecule has 23 heavy (non-hydrogen) atoms. The molecule has 0 saturated carbocycles. The van der Waals surface area contributed by atoms with Crippen LogP contribution in [0.25, 0.3) is 0 Å². The highest BCUT2D eigenvalue weighted by molar-refractivity contribution is 7.99. The molecule has 0 spiro atoms. The minimum Gasteiger partial charge on any atom is -0.462 e. The van der Waals surface area contributed by atoms with Crippen LogP contribution >= 0.6 is 11.8 Å². The number of nitrogens with one attached hydrogen (secondary N) is 2. The molecule has 0 aliphatic rings. The topological polar surface area (TPSA) is 136 Å². The third-order valence-electron chi connectivity index (χ3n) is 2.47. The van der Waals surface area contributed by atoms with Crippen molar-refractivity contribution < 1.29 is 19.1 Å². The smallest absolute Gasteiger partial charge is 0.343 e. The SMILES string of the molecule is CCOC(=O)c1cnc(SCC(=O)NNC(=O)C(C)C)nc1N. The predicted octanol–water partition coefficient (Wildman–Crippen LogP) is 0.131. The molecule has 0 saturated heterocycles. The van der Waals surface area contributed by atoms with Crippen molar-refractivity contribution in [3.8, 4) is 0 Å². The van der Waals surface area contributed by atoms with Crippen LogP contribution < -0.4 is 16.6 Å². The van der Waals surface area contributed by atoms with E-state index in [0.29, 0.717) is 0 Å². The minimum atomic E-state index is -0.601. The number of thioether (sulfide) groups is 1. The fraction of sp³-hybridized carbons (Fsp3) is 0.462. The summed E-state index contributed by atoms with van der Waals surface area (Å²) in [6, 6.07) is 0. The largest absolute Gasteiger partial charge is 0.462 e. The predicted molar refractivity (Wildman–Crippen MR) is 84.2 cm³/mol. The van der Waals surface area contributed by atoms with Gasteiger partial charge in [0, 0.05) is 12.1 Å². The fourth-order valence-electron chi connectivity index (χ4n) is 1.26. The maximum atomic E-state index is 11.6.